The summed E-state index contributed by atoms with van der Waals surface area (Å²) in [6.45, 7) is 3.83. The van der Waals surface area contributed by atoms with Crippen molar-refractivity contribution in [2.75, 3.05) is 7.11 Å². The highest BCUT2D eigenvalue weighted by Gasteiger charge is 2.24. The lowest BCUT2D eigenvalue weighted by atomic mass is 10.3. The van der Waals surface area contributed by atoms with Gasteiger partial charge in [-0.1, -0.05) is 5.10 Å². The molecule has 0 aliphatic carbocycles. The molecule has 1 aromatic heterocycles. The van der Waals surface area contributed by atoms with Crippen LogP contribution in [0.4, 0.5) is 8.78 Å². The molecule has 1 N–H and O–H groups in total. The van der Waals surface area contributed by atoms with Gasteiger partial charge < -0.3 is 4.74 Å². The van der Waals surface area contributed by atoms with Gasteiger partial charge in [-0.3, -0.25) is 4.57 Å². The number of ether oxygens (including phenoxy) is 1. The standard InChI is InChI=1S/C13H16F2N4O3S/c1-4-19-12(16-17-13(19)22-3)8(2)18-23(20,21)11-6-9(14)5-10(15)7-11/h5-8,18H,4H2,1-3H3/t8-/m1/s1. The number of benzene rings is 1. The van der Waals surface area contributed by atoms with Crippen LogP contribution in [-0.2, 0) is 16.6 Å². The summed E-state index contributed by atoms with van der Waals surface area (Å²) < 4.78 is 59.9. The lowest BCUT2D eigenvalue weighted by molar-refractivity contribution is 0.354. The second kappa shape index (κ2) is 6.59. The fraction of sp³-hybridized carbons (Fsp3) is 0.385. The van der Waals surface area contributed by atoms with Gasteiger partial charge in [0.15, 0.2) is 5.82 Å². The summed E-state index contributed by atoms with van der Waals surface area (Å²) >= 11 is 0. The molecule has 0 radical (unpaired) electrons. The van der Waals surface area contributed by atoms with Crippen molar-refractivity contribution in [1.82, 2.24) is 19.5 Å². The normalized spacial score (nSPS) is 13.1. The molecule has 1 aromatic carbocycles. The van der Waals surface area contributed by atoms with Gasteiger partial charge >= 0.3 is 6.01 Å². The Bertz CT molecular complexity index is 787. The lowest BCUT2D eigenvalue weighted by Crippen LogP contribution is -2.29. The minimum atomic E-state index is -4.13. The number of hydrogen-bond donors (Lipinski definition) is 1. The molecule has 10 heteroatoms. The van der Waals surface area contributed by atoms with E-state index in [2.05, 4.69) is 14.9 Å². The van der Waals surface area contributed by atoms with Crippen molar-refractivity contribution in [2.45, 2.75) is 31.3 Å². The summed E-state index contributed by atoms with van der Waals surface area (Å²) in [4.78, 5) is -0.503. The SMILES string of the molecule is CCn1c(OC)nnc1[C@@H](C)NS(=O)(=O)c1cc(F)cc(F)c1. The Morgan fingerprint density at radius 1 is 1.26 bits per heavy atom. The molecule has 0 fully saturated rings. The van der Waals surface area contributed by atoms with Crippen molar-refractivity contribution >= 4 is 10.0 Å². The number of nitrogens with one attached hydrogen (secondary N) is 1. The zero-order chi connectivity index (χ0) is 17.2. The zero-order valence-corrected chi connectivity index (χ0v) is 13.6. The van der Waals surface area contributed by atoms with Crippen LogP contribution in [0.3, 0.4) is 0 Å². The van der Waals surface area contributed by atoms with Gasteiger partial charge in [-0.15, -0.1) is 5.10 Å². The fourth-order valence-corrected chi connectivity index (χ4v) is 3.35. The summed E-state index contributed by atoms with van der Waals surface area (Å²) in [7, 11) is -2.71. The van der Waals surface area contributed by atoms with Gasteiger partial charge in [0.2, 0.25) is 10.0 Å². The second-order valence-electron chi connectivity index (χ2n) is 4.74. The van der Waals surface area contributed by atoms with Crippen molar-refractivity contribution in [3.8, 4) is 6.01 Å². The summed E-state index contributed by atoms with van der Waals surface area (Å²) in [6.07, 6.45) is 0. The first-order valence-electron chi connectivity index (χ1n) is 6.74. The summed E-state index contributed by atoms with van der Waals surface area (Å²) in [5.41, 5.74) is 0. The first kappa shape index (κ1) is 17.3. The van der Waals surface area contributed by atoms with Gasteiger partial charge in [-0.25, -0.2) is 21.9 Å². The molecule has 126 valence electrons. The number of sulfonamides is 1. The average molecular weight is 346 g/mol. The zero-order valence-electron chi connectivity index (χ0n) is 12.7. The molecule has 0 aliphatic heterocycles. The third-order valence-electron chi connectivity index (χ3n) is 3.11. The Labute approximate surface area is 132 Å². The molecule has 0 amide bonds. The van der Waals surface area contributed by atoms with Crippen LogP contribution in [0, 0.1) is 11.6 Å². The second-order valence-corrected chi connectivity index (χ2v) is 6.45. The van der Waals surface area contributed by atoms with Gasteiger partial charge in [-0.2, -0.15) is 0 Å². The maximum absolute atomic E-state index is 13.2. The summed E-state index contributed by atoms with van der Waals surface area (Å²) in [5.74, 6) is -1.63. The monoisotopic (exact) mass is 346 g/mol. The molecule has 0 spiro atoms. The quantitative estimate of drug-likeness (QED) is 0.859. The van der Waals surface area contributed by atoms with Crippen LogP contribution in [-0.4, -0.2) is 30.3 Å². The third-order valence-corrected chi connectivity index (χ3v) is 4.63. The summed E-state index contributed by atoms with van der Waals surface area (Å²) in [5, 5.41) is 7.68. The Kier molecular flexibility index (Phi) is 4.95. The van der Waals surface area contributed by atoms with E-state index in [1.807, 2.05) is 6.92 Å². The van der Waals surface area contributed by atoms with E-state index in [-0.39, 0.29) is 6.01 Å². The molecule has 1 atom stereocenters. The van der Waals surface area contributed by atoms with Gasteiger partial charge in [-0.05, 0) is 26.0 Å². The Morgan fingerprint density at radius 2 is 1.87 bits per heavy atom. The Morgan fingerprint density at radius 3 is 2.39 bits per heavy atom. The van der Waals surface area contributed by atoms with E-state index >= 15 is 0 Å². The molecule has 7 nitrogen and oxygen atoms in total. The van der Waals surface area contributed by atoms with Gasteiger partial charge in [0.05, 0.1) is 18.0 Å². The first-order valence-corrected chi connectivity index (χ1v) is 8.22. The van der Waals surface area contributed by atoms with Crippen LogP contribution in [0.15, 0.2) is 23.1 Å². The molecule has 2 rings (SSSR count). The number of methoxy groups -OCH3 is 1. The van der Waals surface area contributed by atoms with Gasteiger partial charge in [0.25, 0.3) is 0 Å². The first-order chi connectivity index (χ1) is 10.8. The van der Waals surface area contributed by atoms with Gasteiger partial charge in [0, 0.05) is 12.6 Å². The number of rotatable bonds is 6. The highest BCUT2D eigenvalue weighted by molar-refractivity contribution is 7.89. The maximum Gasteiger partial charge on any atom is 0.316 e. The van der Waals surface area contributed by atoms with Gasteiger partial charge in [0.1, 0.15) is 11.6 Å². The predicted molar refractivity (Wildman–Crippen MR) is 77.3 cm³/mol. The largest absolute Gasteiger partial charge is 0.467 e. The van der Waals surface area contributed by atoms with Crippen molar-refractivity contribution in [2.24, 2.45) is 0 Å². The van der Waals surface area contributed by atoms with Crippen LogP contribution < -0.4 is 9.46 Å². The fourth-order valence-electron chi connectivity index (χ4n) is 2.11. The van der Waals surface area contributed by atoms with E-state index in [1.54, 1.807) is 11.5 Å². The van der Waals surface area contributed by atoms with Crippen LogP contribution in [0.5, 0.6) is 6.01 Å². The Balaban J connectivity index is 2.31. The van der Waals surface area contributed by atoms with Crippen LogP contribution >= 0.6 is 0 Å². The molecule has 1 heterocycles. The van der Waals surface area contributed by atoms with Crippen molar-refractivity contribution in [3.05, 3.63) is 35.7 Å². The van der Waals surface area contributed by atoms with Crippen LogP contribution in [0.2, 0.25) is 0 Å². The topological polar surface area (TPSA) is 86.1 Å². The minimum absolute atomic E-state index is 0.241. The van der Waals surface area contributed by atoms with E-state index in [0.717, 1.165) is 12.1 Å². The maximum atomic E-state index is 13.2. The van der Waals surface area contributed by atoms with E-state index in [4.69, 9.17) is 4.74 Å². The molecule has 0 unspecified atom stereocenters. The van der Waals surface area contributed by atoms with E-state index < -0.39 is 32.6 Å². The molecular weight excluding hydrogens is 330 g/mol. The highest BCUT2D eigenvalue weighted by atomic mass is 32.2. The minimum Gasteiger partial charge on any atom is -0.467 e. The van der Waals surface area contributed by atoms with Crippen molar-refractivity contribution in [3.63, 3.8) is 0 Å². The number of aromatic nitrogens is 3. The smallest absolute Gasteiger partial charge is 0.316 e. The number of nitrogens with zero attached hydrogens (tertiary/aromatic N) is 3. The third kappa shape index (κ3) is 3.64. The van der Waals surface area contributed by atoms with E-state index in [0.29, 0.717) is 18.4 Å². The summed E-state index contributed by atoms with van der Waals surface area (Å²) in [6, 6.07) is 1.54. The Hall–Kier alpha value is -2.07. The van der Waals surface area contributed by atoms with E-state index in [9.17, 15) is 17.2 Å². The molecule has 2 aromatic rings. The molecule has 23 heavy (non-hydrogen) atoms. The number of halogens is 2. The molecular formula is C13H16F2N4O3S. The highest BCUT2D eigenvalue weighted by Crippen LogP contribution is 2.20. The van der Waals surface area contributed by atoms with E-state index in [1.165, 1.54) is 7.11 Å². The van der Waals surface area contributed by atoms with Crippen LogP contribution in [0.1, 0.15) is 25.7 Å². The molecule has 0 saturated heterocycles. The lowest BCUT2D eigenvalue weighted by Gasteiger charge is -2.15. The molecule has 0 aliphatic rings. The average Bonchev–Trinajstić information content (AvgIpc) is 2.88. The number of hydrogen-bond acceptors (Lipinski definition) is 5. The van der Waals surface area contributed by atoms with Crippen LogP contribution in [0.25, 0.3) is 0 Å². The van der Waals surface area contributed by atoms with Crippen molar-refractivity contribution in [1.29, 1.82) is 0 Å². The van der Waals surface area contributed by atoms with Crippen molar-refractivity contribution < 1.29 is 21.9 Å². The predicted octanol–water partition coefficient (Wildman–Crippen LogP) is 1.62. The molecule has 0 saturated carbocycles. The molecule has 0 bridgehead atoms.